The van der Waals surface area contributed by atoms with Gasteiger partial charge in [0.1, 0.15) is 22.8 Å². The molecule has 0 fully saturated rings. The fraction of sp³-hybridized carbons (Fsp3) is 0.300. The monoisotopic (exact) mass is 565 g/mol. The summed E-state index contributed by atoms with van der Waals surface area (Å²) in [7, 11) is 18.3. The fourth-order valence-corrected chi connectivity index (χ4v) is 4.85. The second-order valence-corrected chi connectivity index (χ2v) is 11.3. The van der Waals surface area contributed by atoms with Gasteiger partial charge in [-0.2, -0.15) is 0 Å². The van der Waals surface area contributed by atoms with Crippen molar-refractivity contribution in [3.63, 3.8) is 0 Å². The number of rotatable bonds is 4. The summed E-state index contributed by atoms with van der Waals surface area (Å²) >= 11 is 0.194. The zero-order chi connectivity index (χ0) is 27.3. The molecule has 0 atom stereocenters. The van der Waals surface area contributed by atoms with Crippen LogP contribution in [0.15, 0.2) is 36.4 Å². The van der Waals surface area contributed by atoms with Gasteiger partial charge in [-0.05, 0) is 102 Å². The molecule has 1 aromatic heterocycles. The average molecular weight is 566 g/mol. The fourth-order valence-electron chi connectivity index (χ4n) is 4.85. The Morgan fingerprint density at radius 1 is 0.611 bits per heavy atom. The minimum atomic E-state index is 0.194. The Kier molecular flexibility index (Phi) is 10.7. The SMILES string of the molecule is [CH2-][N+](=C(C)c1cc(C)cc(C(C)=[N+]([CH2-])c2c(C)cc(C)cc2C)n1)c1c(C)cc(C)cc1C.[Cl][Fe][Cl]. The van der Waals surface area contributed by atoms with Crippen LogP contribution in [0.1, 0.15) is 64.2 Å². The molecule has 0 N–H and O–H groups in total. The van der Waals surface area contributed by atoms with Crippen molar-refractivity contribution < 1.29 is 22.3 Å². The van der Waals surface area contributed by atoms with Gasteiger partial charge in [0.15, 0.2) is 0 Å². The van der Waals surface area contributed by atoms with Gasteiger partial charge >= 0.3 is 33.3 Å². The molecule has 1 heterocycles. The van der Waals surface area contributed by atoms with Crippen molar-refractivity contribution in [2.75, 3.05) is 0 Å². The number of pyridine rings is 1. The molecule has 6 heteroatoms. The van der Waals surface area contributed by atoms with Crippen LogP contribution in [0.2, 0.25) is 0 Å². The second kappa shape index (κ2) is 12.8. The average Bonchev–Trinajstić information content (AvgIpc) is 2.76. The van der Waals surface area contributed by atoms with Gasteiger partial charge < -0.3 is 9.15 Å². The number of hydrogen-bond acceptors (Lipinski definition) is 1. The summed E-state index contributed by atoms with van der Waals surface area (Å²) in [5.41, 5.74) is 14.7. The third kappa shape index (κ3) is 6.95. The summed E-state index contributed by atoms with van der Waals surface area (Å²) < 4.78 is 4.03. The van der Waals surface area contributed by atoms with Crippen LogP contribution in [-0.4, -0.2) is 25.6 Å². The second-order valence-electron chi connectivity index (χ2n) is 9.49. The van der Waals surface area contributed by atoms with Gasteiger partial charge in [0.2, 0.25) is 0 Å². The number of aromatic nitrogens is 1. The molecule has 0 aliphatic rings. The maximum absolute atomic E-state index is 5.04. The maximum atomic E-state index is 5.04. The van der Waals surface area contributed by atoms with Gasteiger partial charge in [-0.3, -0.25) is 4.98 Å². The first-order chi connectivity index (χ1) is 16.8. The van der Waals surface area contributed by atoms with Crippen LogP contribution >= 0.6 is 20.2 Å². The van der Waals surface area contributed by atoms with Gasteiger partial charge in [-0.15, -0.1) is 0 Å². The van der Waals surface area contributed by atoms with Crippen LogP contribution in [0.3, 0.4) is 0 Å². The quantitative estimate of drug-likeness (QED) is 0.134. The Morgan fingerprint density at radius 3 is 1.14 bits per heavy atom. The van der Waals surface area contributed by atoms with E-state index in [1.807, 2.05) is 9.15 Å². The molecule has 3 nitrogen and oxygen atoms in total. The summed E-state index contributed by atoms with van der Waals surface area (Å²) in [5, 5.41) is 0. The van der Waals surface area contributed by atoms with E-state index in [0.717, 1.165) is 39.7 Å². The van der Waals surface area contributed by atoms with E-state index < -0.39 is 0 Å². The van der Waals surface area contributed by atoms with Gasteiger partial charge in [-0.1, -0.05) is 35.4 Å². The standard InChI is InChI=1S/C30H37N3.2ClH.Fe/c1-18-12-21(4)29(22(5)13-18)32(10)25(8)27-16-20(3)17-28(31-27)26(9)33(11)30-23(6)14-19(2)15-24(30)7;;;/h12-17H,10-11H2,1-9H3;2*1H;/q;;;+2/p-2. The van der Waals surface area contributed by atoms with Crippen molar-refractivity contribution in [1.29, 1.82) is 0 Å². The number of benzene rings is 2. The van der Waals surface area contributed by atoms with Crippen molar-refractivity contribution in [3.05, 3.63) is 101 Å². The Labute approximate surface area is 232 Å². The predicted molar refractivity (Wildman–Crippen MR) is 152 cm³/mol. The topological polar surface area (TPSA) is 18.9 Å². The molecule has 0 saturated heterocycles. The number of aryl methyl sites for hydroxylation is 7. The summed E-state index contributed by atoms with van der Waals surface area (Å²) in [6, 6.07) is 13.1. The van der Waals surface area contributed by atoms with Crippen LogP contribution in [-0.2, 0) is 13.1 Å². The van der Waals surface area contributed by atoms with Gasteiger partial charge in [0.25, 0.3) is 0 Å². The molecule has 0 radical (unpaired) electrons. The van der Waals surface area contributed by atoms with Gasteiger partial charge in [-0.25, -0.2) is 0 Å². The van der Waals surface area contributed by atoms with E-state index in [0.29, 0.717) is 0 Å². The Hall–Kier alpha value is -2.23. The Balaban J connectivity index is 0.00000145. The first-order valence-corrected chi connectivity index (χ1v) is 14.7. The Bertz CT molecular complexity index is 1200. The van der Waals surface area contributed by atoms with E-state index in [2.05, 4.69) is 113 Å². The molecular weight excluding hydrogens is 529 g/mol. The molecular formula is C30H37Cl2FeN3. The molecule has 3 rings (SSSR count). The van der Waals surface area contributed by atoms with Crippen molar-refractivity contribution in [3.8, 4) is 0 Å². The normalized spacial score (nSPS) is 12.5. The summed E-state index contributed by atoms with van der Waals surface area (Å²) in [6.07, 6.45) is 0. The molecule has 0 aliphatic heterocycles. The van der Waals surface area contributed by atoms with Gasteiger partial charge in [0.05, 0.1) is 11.4 Å². The Morgan fingerprint density at radius 2 is 0.861 bits per heavy atom. The zero-order valence-corrected chi connectivity index (χ0v) is 25.4. The molecule has 0 unspecified atom stereocenters. The van der Waals surface area contributed by atoms with E-state index in [9.17, 15) is 0 Å². The third-order valence-electron chi connectivity index (χ3n) is 6.33. The van der Waals surface area contributed by atoms with E-state index in [1.165, 1.54) is 33.4 Å². The number of halogens is 2. The molecule has 36 heavy (non-hydrogen) atoms. The third-order valence-corrected chi connectivity index (χ3v) is 6.33. The van der Waals surface area contributed by atoms with Crippen molar-refractivity contribution in [1.82, 2.24) is 4.98 Å². The molecule has 194 valence electrons. The van der Waals surface area contributed by atoms with Crippen molar-refractivity contribution >= 4 is 43.0 Å². The van der Waals surface area contributed by atoms with Crippen LogP contribution in [0, 0.1) is 62.6 Å². The molecule has 0 saturated carbocycles. The zero-order valence-electron chi connectivity index (χ0n) is 22.8. The van der Waals surface area contributed by atoms with Crippen LogP contribution in [0.25, 0.3) is 0 Å². The van der Waals surface area contributed by atoms with Crippen molar-refractivity contribution in [2.24, 2.45) is 0 Å². The summed E-state index contributed by atoms with van der Waals surface area (Å²) in [6.45, 7) is 19.1. The predicted octanol–water partition coefficient (Wildman–Crippen LogP) is 8.51. The molecule has 0 aliphatic carbocycles. The van der Waals surface area contributed by atoms with E-state index >= 15 is 0 Å². The van der Waals surface area contributed by atoms with E-state index in [1.54, 1.807) is 0 Å². The molecule has 0 spiro atoms. The molecule has 0 bridgehead atoms. The van der Waals surface area contributed by atoms with Crippen LogP contribution in [0.4, 0.5) is 11.4 Å². The van der Waals surface area contributed by atoms with Crippen LogP contribution in [0.5, 0.6) is 0 Å². The summed E-state index contributed by atoms with van der Waals surface area (Å²) in [5.74, 6) is 0. The molecule has 3 aromatic rings. The summed E-state index contributed by atoms with van der Waals surface area (Å²) in [4.78, 5) is 5.04. The first-order valence-electron chi connectivity index (χ1n) is 11.7. The first kappa shape index (κ1) is 30.0. The van der Waals surface area contributed by atoms with Crippen LogP contribution < -0.4 is 0 Å². The van der Waals surface area contributed by atoms with Gasteiger partial charge in [0, 0.05) is 14.1 Å². The van der Waals surface area contributed by atoms with Crippen molar-refractivity contribution in [2.45, 2.75) is 62.3 Å². The minimum absolute atomic E-state index is 0.194. The number of nitrogens with zero attached hydrogens (tertiary/aromatic N) is 3. The molecule has 2 aromatic carbocycles. The van der Waals surface area contributed by atoms with E-state index in [4.69, 9.17) is 25.2 Å². The number of hydrogen-bond donors (Lipinski definition) is 0. The van der Waals surface area contributed by atoms with E-state index in [-0.39, 0.29) is 13.1 Å². The molecule has 0 amide bonds.